The molecule has 140 valence electrons. The molecule has 0 radical (unpaired) electrons. The Labute approximate surface area is 169 Å². The van der Waals surface area contributed by atoms with Crippen LogP contribution in [0.2, 0.25) is 0 Å². The van der Waals surface area contributed by atoms with Gasteiger partial charge in [0.2, 0.25) is 0 Å². The number of benzene rings is 3. The van der Waals surface area contributed by atoms with Crippen LogP contribution in [0.3, 0.4) is 0 Å². The molecule has 0 amide bonds. The van der Waals surface area contributed by atoms with E-state index in [0.29, 0.717) is 0 Å². The van der Waals surface area contributed by atoms with Crippen molar-refractivity contribution >= 4 is 0 Å². The smallest absolute Gasteiger partial charge is 0.0670 e. The summed E-state index contributed by atoms with van der Waals surface area (Å²) in [6.45, 7) is 2.27. The molecule has 0 saturated heterocycles. The molecule has 0 aliphatic heterocycles. The first kappa shape index (κ1) is 18.5. The summed E-state index contributed by atoms with van der Waals surface area (Å²) in [4.78, 5) is 0. The lowest BCUT2D eigenvalue weighted by atomic mass is 9.63. The van der Waals surface area contributed by atoms with Crippen molar-refractivity contribution in [1.29, 1.82) is 0 Å². The van der Waals surface area contributed by atoms with Gasteiger partial charge in [0, 0.05) is 0 Å². The molecular weight excluding hydrogens is 336 g/mol. The van der Waals surface area contributed by atoms with Crippen molar-refractivity contribution in [1.82, 2.24) is 0 Å². The molecule has 0 heteroatoms. The average molecular weight is 365 g/mol. The standard InChI is InChI=1S/C28H28/c1-2-3-14-23-15-10-13-22-27(23)28(26-20-11-12-21-26,24-16-6-4-7-17-24)25-18-8-5-9-19-25/h4-13,15-20,22H,2-3,14,21H2,1H3. The average Bonchev–Trinajstić information content (AvgIpc) is 3.30. The van der Waals surface area contributed by atoms with Crippen LogP contribution >= 0.6 is 0 Å². The molecule has 1 aliphatic rings. The maximum absolute atomic E-state index is 2.35. The van der Waals surface area contributed by atoms with Gasteiger partial charge < -0.3 is 0 Å². The third-order valence-electron chi connectivity index (χ3n) is 5.89. The van der Waals surface area contributed by atoms with Crippen molar-refractivity contribution in [2.45, 2.75) is 38.0 Å². The number of hydrogen-bond acceptors (Lipinski definition) is 0. The maximum atomic E-state index is 2.35. The van der Waals surface area contributed by atoms with E-state index in [1.807, 2.05) is 0 Å². The van der Waals surface area contributed by atoms with Crippen LogP contribution in [0.4, 0.5) is 0 Å². The van der Waals surface area contributed by atoms with Crippen LogP contribution in [0.1, 0.15) is 48.4 Å². The highest BCUT2D eigenvalue weighted by Gasteiger charge is 2.41. The number of unbranched alkanes of at least 4 members (excludes halogenated alkanes) is 1. The molecule has 0 atom stereocenters. The molecule has 28 heavy (non-hydrogen) atoms. The zero-order valence-corrected chi connectivity index (χ0v) is 16.6. The van der Waals surface area contributed by atoms with Crippen LogP contribution in [-0.4, -0.2) is 0 Å². The second kappa shape index (κ2) is 8.44. The van der Waals surface area contributed by atoms with Crippen molar-refractivity contribution in [2.24, 2.45) is 0 Å². The van der Waals surface area contributed by atoms with E-state index in [2.05, 4.69) is 110 Å². The molecule has 0 unspecified atom stereocenters. The molecule has 3 aromatic carbocycles. The Kier molecular flexibility index (Phi) is 5.58. The van der Waals surface area contributed by atoms with Crippen molar-refractivity contribution < 1.29 is 0 Å². The van der Waals surface area contributed by atoms with Crippen LogP contribution < -0.4 is 0 Å². The minimum atomic E-state index is -0.254. The van der Waals surface area contributed by atoms with Gasteiger partial charge >= 0.3 is 0 Å². The molecular formula is C28H28. The van der Waals surface area contributed by atoms with Crippen LogP contribution in [0.25, 0.3) is 0 Å². The summed E-state index contributed by atoms with van der Waals surface area (Å²) in [7, 11) is 0. The van der Waals surface area contributed by atoms with Gasteiger partial charge in [-0.25, -0.2) is 0 Å². The second-order valence-electron chi connectivity index (χ2n) is 7.57. The highest BCUT2D eigenvalue weighted by Crippen LogP contribution is 2.48. The topological polar surface area (TPSA) is 0 Å². The van der Waals surface area contributed by atoms with Gasteiger partial charge in [-0.3, -0.25) is 0 Å². The van der Waals surface area contributed by atoms with E-state index in [9.17, 15) is 0 Å². The van der Waals surface area contributed by atoms with Crippen LogP contribution in [0, 0.1) is 0 Å². The molecule has 0 nitrogen and oxygen atoms in total. The predicted molar refractivity (Wildman–Crippen MR) is 120 cm³/mol. The third-order valence-corrected chi connectivity index (χ3v) is 5.89. The quantitative estimate of drug-likeness (QED) is 0.387. The Hall–Kier alpha value is -2.86. The second-order valence-corrected chi connectivity index (χ2v) is 7.57. The SMILES string of the molecule is CCCCc1ccccc1C(C1=CC=CC1)(c1ccccc1)c1ccccc1. The zero-order chi connectivity index (χ0) is 19.2. The molecule has 0 N–H and O–H groups in total. The highest BCUT2D eigenvalue weighted by molar-refractivity contribution is 5.62. The van der Waals surface area contributed by atoms with E-state index in [-0.39, 0.29) is 5.41 Å². The fourth-order valence-corrected chi connectivity index (χ4v) is 4.59. The Balaban J connectivity index is 2.05. The number of aryl methyl sites for hydroxylation is 1. The van der Waals surface area contributed by atoms with E-state index in [4.69, 9.17) is 0 Å². The minimum Gasteiger partial charge on any atom is -0.0804 e. The summed E-state index contributed by atoms with van der Waals surface area (Å²) in [5, 5.41) is 0. The van der Waals surface area contributed by atoms with Crippen molar-refractivity contribution in [2.75, 3.05) is 0 Å². The van der Waals surface area contributed by atoms with Gasteiger partial charge in [-0.05, 0) is 47.1 Å². The molecule has 1 aliphatic carbocycles. The lowest BCUT2D eigenvalue weighted by Gasteiger charge is -2.39. The zero-order valence-electron chi connectivity index (χ0n) is 16.6. The fourth-order valence-electron chi connectivity index (χ4n) is 4.59. The molecule has 0 fully saturated rings. The van der Waals surface area contributed by atoms with E-state index in [1.165, 1.54) is 40.7 Å². The van der Waals surface area contributed by atoms with Crippen molar-refractivity contribution in [3.63, 3.8) is 0 Å². The molecule has 4 rings (SSSR count). The fraction of sp³-hybridized carbons (Fsp3) is 0.214. The van der Waals surface area contributed by atoms with Gasteiger partial charge in [0.1, 0.15) is 0 Å². The molecule has 3 aromatic rings. The van der Waals surface area contributed by atoms with E-state index >= 15 is 0 Å². The third kappa shape index (κ3) is 3.24. The number of rotatable bonds is 7. The van der Waals surface area contributed by atoms with Gasteiger partial charge in [-0.2, -0.15) is 0 Å². The highest BCUT2D eigenvalue weighted by atomic mass is 14.4. The van der Waals surface area contributed by atoms with Crippen LogP contribution in [0.5, 0.6) is 0 Å². The van der Waals surface area contributed by atoms with E-state index < -0.39 is 0 Å². The lowest BCUT2D eigenvalue weighted by molar-refractivity contribution is 0.688. The molecule has 0 bridgehead atoms. The van der Waals surface area contributed by atoms with Gasteiger partial charge in [0.25, 0.3) is 0 Å². The van der Waals surface area contributed by atoms with Crippen molar-refractivity contribution in [3.8, 4) is 0 Å². The Bertz CT molecular complexity index is 922. The van der Waals surface area contributed by atoms with Gasteiger partial charge in [0.05, 0.1) is 5.41 Å². The summed E-state index contributed by atoms with van der Waals surface area (Å²) < 4.78 is 0. The van der Waals surface area contributed by atoms with Gasteiger partial charge in [-0.1, -0.05) is 117 Å². The largest absolute Gasteiger partial charge is 0.0804 e. The summed E-state index contributed by atoms with van der Waals surface area (Å²) in [5.74, 6) is 0. The van der Waals surface area contributed by atoms with Crippen LogP contribution in [-0.2, 0) is 11.8 Å². The molecule has 0 aromatic heterocycles. The minimum absolute atomic E-state index is 0.254. The number of hydrogen-bond donors (Lipinski definition) is 0. The predicted octanol–water partition coefficient (Wildman–Crippen LogP) is 7.25. The lowest BCUT2D eigenvalue weighted by Crippen LogP contribution is -2.32. The molecule has 0 spiro atoms. The molecule has 0 saturated carbocycles. The van der Waals surface area contributed by atoms with Gasteiger partial charge in [-0.15, -0.1) is 0 Å². The van der Waals surface area contributed by atoms with E-state index in [0.717, 1.165) is 12.8 Å². The first-order valence-electron chi connectivity index (χ1n) is 10.4. The van der Waals surface area contributed by atoms with Crippen LogP contribution in [0.15, 0.2) is 109 Å². The Morgan fingerprint density at radius 2 is 1.36 bits per heavy atom. The normalized spacial score (nSPS) is 13.5. The maximum Gasteiger partial charge on any atom is 0.0670 e. The van der Waals surface area contributed by atoms with Gasteiger partial charge in [0.15, 0.2) is 0 Å². The Morgan fingerprint density at radius 1 is 0.750 bits per heavy atom. The molecule has 0 heterocycles. The van der Waals surface area contributed by atoms with E-state index in [1.54, 1.807) is 0 Å². The summed E-state index contributed by atoms with van der Waals surface area (Å²) in [5.41, 5.74) is 6.78. The number of allylic oxidation sites excluding steroid dienone is 4. The van der Waals surface area contributed by atoms with Crippen molar-refractivity contribution in [3.05, 3.63) is 131 Å². The first-order valence-corrected chi connectivity index (χ1v) is 10.4. The Morgan fingerprint density at radius 3 is 1.93 bits per heavy atom. The first-order chi connectivity index (χ1) is 13.9. The monoisotopic (exact) mass is 364 g/mol. The summed E-state index contributed by atoms with van der Waals surface area (Å²) in [6, 6.07) is 31.2. The summed E-state index contributed by atoms with van der Waals surface area (Å²) >= 11 is 0. The summed E-state index contributed by atoms with van der Waals surface area (Å²) in [6.07, 6.45) is 11.4.